The summed E-state index contributed by atoms with van der Waals surface area (Å²) in [5, 5.41) is 2.92. The fourth-order valence-corrected chi connectivity index (χ4v) is 2.51. The molecule has 0 saturated carbocycles. The molecule has 0 bridgehead atoms. The summed E-state index contributed by atoms with van der Waals surface area (Å²) in [7, 11) is 6.01. The first-order valence-electron chi connectivity index (χ1n) is 8.84. The Bertz CT molecular complexity index is 704. The molecule has 2 heterocycles. The number of rotatable bonds is 9. The maximum atomic E-state index is 12.4. The molecule has 0 radical (unpaired) electrons. The van der Waals surface area contributed by atoms with Gasteiger partial charge in [0.25, 0.3) is 5.91 Å². The highest BCUT2D eigenvalue weighted by molar-refractivity contribution is 5.92. The van der Waals surface area contributed by atoms with E-state index in [1.807, 2.05) is 45.1 Å². The Hall–Kier alpha value is -2.54. The number of nitrogens with one attached hydrogen (secondary N) is 1. The van der Waals surface area contributed by atoms with Gasteiger partial charge in [0.2, 0.25) is 0 Å². The molecule has 0 aliphatic rings. The van der Waals surface area contributed by atoms with Crippen molar-refractivity contribution in [2.75, 3.05) is 45.7 Å². The second-order valence-electron chi connectivity index (χ2n) is 6.60. The third-order valence-electron chi connectivity index (χ3n) is 4.00. The topological polar surface area (TPSA) is 74.2 Å². The quantitative estimate of drug-likeness (QED) is 0.687. The number of hydrogen-bond donors (Lipinski definition) is 1. The maximum Gasteiger partial charge on any atom is 0.270 e. The van der Waals surface area contributed by atoms with Gasteiger partial charge < -0.3 is 15.1 Å². The Kier molecular flexibility index (Phi) is 7.47. The van der Waals surface area contributed by atoms with Gasteiger partial charge in [0.1, 0.15) is 17.3 Å². The predicted molar refractivity (Wildman–Crippen MR) is 103 cm³/mol. The molecule has 1 N–H and O–H groups in total. The number of anilines is 1. The molecule has 26 heavy (non-hydrogen) atoms. The van der Waals surface area contributed by atoms with E-state index in [-0.39, 0.29) is 5.91 Å². The molecule has 2 aromatic rings. The highest BCUT2D eigenvalue weighted by atomic mass is 16.1. The fourth-order valence-electron chi connectivity index (χ4n) is 2.51. The molecule has 0 aromatic carbocycles. The van der Waals surface area contributed by atoms with Crippen molar-refractivity contribution in [3.05, 3.63) is 47.7 Å². The fraction of sp³-hybridized carbons (Fsp3) is 0.474. The van der Waals surface area contributed by atoms with Crippen molar-refractivity contribution in [3.8, 4) is 0 Å². The van der Waals surface area contributed by atoms with Gasteiger partial charge in [0.15, 0.2) is 0 Å². The van der Waals surface area contributed by atoms with E-state index < -0.39 is 0 Å². The zero-order chi connectivity index (χ0) is 18.9. The van der Waals surface area contributed by atoms with Gasteiger partial charge in [0.05, 0.1) is 0 Å². The Balaban J connectivity index is 1.95. The zero-order valence-electron chi connectivity index (χ0n) is 16.1. The number of aromatic nitrogens is 3. The van der Waals surface area contributed by atoms with Crippen LogP contribution in [0.15, 0.2) is 30.6 Å². The van der Waals surface area contributed by atoms with Crippen LogP contribution in [0.25, 0.3) is 0 Å². The first-order chi connectivity index (χ1) is 12.5. The van der Waals surface area contributed by atoms with Gasteiger partial charge in [-0.05, 0) is 58.1 Å². The average molecular weight is 356 g/mol. The molecule has 2 aromatic heterocycles. The van der Waals surface area contributed by atoms with Gasteiger partial charge in [-0.15, -0.1) is 0 Å². The van der Waals surface area contributed by atoms with Crippen molar-refractivity contribution in [3.63, 3.8) is 0 Å². The van der Waals surface area contributed by atoms with Crippen LogP contribution < -0.4 is 10.2 Å². The molecule has 7 nitrogen and oxygen atoms in total. The van der Waals surface area contributed by atoms with Crippen LogP contribution in [-0.4, -0.2) is 66.5 Å². The molecule has 2 rings (SSSR count). The van der Waals surface area contributed by atoms with Crippen LogP contribution in [0.3, 0.4) is 0 Å². The molecule has 0 aliphatic carbocycles. The summed E-state index contributed by atoms with van der Waals surface area (Å²) in [4.78, 5) is 29.3. The summed E-state index contributed by atoms with van der Waals surface area (Å²) in [5.74, 6) is 1.19. The Morgan fingerprint density at radius 2 is 1.85 bits per heavy atom. The van der Waals surface area contributed by atoms with Crippen molar-refractivity contribution >= 4 is 11.7 Å². The second-order valence-corrected chi connectivity index (χ2v) is 6.60. The summed E-state index contributed by atoms with van der Waals surface area (Å²) in [6.07, 6.45) is 5.38. The highest BCUT2D eigenvalue weighted by Gasteiger charge is 2.12. The van der Waals surface area contributed by atoms with E-state index in [1.165, 1.54) is 5.56 Å². The Morgan fingerprint density at radius 3 is 2.54 bits per heavy atom. The van der Waals surface area contributed by atoms with E-state index in [2.05, 4.69) is 25.2 Å². The largest absolute Gasteiger partial charge is 0.359 e. The lowest BCUT2D eigenvalue weighted by atomic mass is 10.2. The summed E-state index contributed by atoms with van der Waals surface area (Å²) < 4.78 is 0. The van der Waals surface area contributed by atoms with E-state index in [1.54, 1.807) is 18.5 Å². The number of carbonyl (C=O) groups excluding carboxylic acids is 1. The van der Waals surface area contributed by atoms with Crippen molar-refractivity contribution < 1.29 is 4.79 Å². The van der Waals surface area contributed by atoms with Crippen LogP contribution in [0.2, 0.25) is 0 Å². The molecule has 0 saturated heterocycles. The summed E-state index contributed by atoms with van der Waals surface area (Å²) >= 11 is 0. The minimum atomic E-state index is -0.155. The lowest BCUT2D eigenvalue weighted by molar-refractivity contribution is 0.0947. The number of hydrogen-bond acceptors (Lipinski definition) is 6. The summed E-state index contributed by atoms with van der Waals surface area (Å²) in [5.41, 5.74) is 1.63. The standard InChI is InChI=1S/C19H28N6O/c1-15-22-17(19(26)21-9-5-12-24(2)3)14-18(23-15)25(4)13-8-16-6-10-20-11-7-16/h6-7,10-11,14H,5,8-9,12-13H2,1-4H3,(H,21,26). The van der Waals surface area contributed by atoms with Gasteiger partial charge in [-0.3, -0.25) is 9.78 Å². The van der Waals surface area contributed by atoms with E-state index >= 15 is 0 Å². The van der Waals surface area contributed by atoms with Crippen molar-refractivity contribution in [1.82, 2.24) is 25.2 Å². The molecule has 0 spiro atoms. The van der Waals surface area contributed by atoms with E-state index in [9.17, 15) is 4.79 Å². The molecule has 0 aliphatic heterocycles. The number of aryl methyl sites for hydroxylation is 1. The van der Waals surface area contributed by atoms with E-state index in [0.29, 0.717) is 18.1 Å². The number of likely N-dealkylation sites (N-methyl/N-ethyl adjacent to an activating group) is 1. The van der Waals surface area contributed by atoms with Crippen LogP contribution in [0.5, 0.6) is 0 Å². The van der Waals surface area contributed by atoms with Crippen LogP contribution in [0, 0.1) is 6.92 Å². The van der Waals surface area contributed by atoms with Gasteiger partial charge >= 0.3 is 0 Å². The molecular formula is C19H28N6O. The lowest BCUT2D eigenvalue weighted by Crippen LogP contribution is -2.29. The van der Waals surface area contributed by atoms with Gasteiger partial charge in [-0.2, -0.15) is 0 Å². The third kappa shape index (κ3) is 6.40. The van der Waals surface area contributed by atoms with Crippen LogP contribution in [-0.2, 0) is 6.42 Å². The monoisotopic (exact) mass is 356 g/mol. The second kappa shape index (κ2) is 9.82. The van der Waals surface area contributed by atoms with Crippen molar-refractivity contribution in [1.29, 1.82) is 0 Å². The minimum Gasteiger partial charge on any atom is -0.359 e. The number of amides is 1. The van der Waals surface area contributed by atoms with Crippen molar-refractivity contribution in [2.24, 2.45) is 0 Å². The Morgan fingerprint density at radius 1 is 1.12 bits per heavy atom. The molecule has 0 atom stereocenters. The van der Waals surface area contributed by atoms with Crippen LogP contribution in [0.1, 0.15) is 28.3 Å². The smallest absolute Gasteiger partial charge is 0.270 e. The molecule has 7 heteroatoms. The zero-order valence-corrected chi connectivity index (χ0v) is 16.1. The number of nitrogens with zero attached hydrogens (tertiary/aromatic N) is 5. The number of carbonyl (C=O) groups is 1. The Labute approximate surface area is 155 Å². The van der Waals surface area contributed by atoms with Gasteiger partial charge in [-0.25, -0.2) is 9.97 Å². The number of pyridine rings is 1. The first kappa shape index (κ1) is 19.8. The molecule has 0 fully saturated rings. The van der Waals surface area contributed by atoms with Crippen LogP contribution in [0.4, 0.5) is 5.82 Å². The first-order valence-corrected chi connectivity index (χ1v) is 8.84. The van der Waals surface area contributed by atoms with E-state index in [0.717, 1.165) is 31.7 Å². The van der Waals surface area contributed by atoms with Gasteiger partial charge in [-0.1, -0.05) is 0 Å². The van der Waals surface area contributed by atoms with Crippen LogP contribution >= 0.6 is 0 Å². The third-order valence-corrected chi connectivity index (χ3v) is 4.00. The normalized spacial score (nSPS) is 10.8. The molecular weight excluding hydrogens is 328 g/mol. The van der Waals surface area contributed by atoms with E-state index in [4.69, 9.17) is 0 Å². The molecule has 140 valence electrons. The minimum absolute atomic E-state index is 0.155. The highest BCUT2D eigenvalue weighted by Crippen LogP contribution is 2.12. The predicted octanol–water partition coefficient (Wildman–Crippen LogP) is 1.54. The maximum absolute atomic E-state index is 12.4. The summed E-state index contributed by atoms with van der Waals surface area (Å²) in [6, 6.07) is 5.76. The molecule has 0 unspecified atom stereocenters. The van der Waals surface area contributed by atoms with Crippen molar-refractivity contribution in [2.45, 2.75) is 19.8 Å². The molecule has 1 amide bonds. The van der Waals surface area contributed by atoms with Gasteiger partial charge in [0, 0.05) is 38.6 Å². The SMILES string of the molecule is Cc1nc(C(=O)NCCCN(C)C)cc(N(C)CCc2ccncc2)n1. The summed E-state index contributed by atoms with van der Waals surface area (Å²) in [6.45, 7) is 4.17. The lowest BCUT2D eigenvalue weighted by Gasteiger charge is -2.19. The average Bonchev–Trinajstić information content (AvgIpc) is 2.63.